The van der Waals surface area contributed by atoms with Crippen LogP contribution in [-0.2, 0) is 23.8 Å². The Labute approximate surface area is 422 Å². The molecule has 0 aromatic carbocycles. The maximum atomic E-state index is 12.9. The van der Waals surface area contributed by atoms with E-state index in [-0.39, 0.29) is 25.2 Å². The Morgan fingerprint density at radius 3 is 1.09 bits per heavy atom. The molecular weight excluding hydrogens is 837 g/mol. The van der Waals surface area contributed by atoms with Crippen molar-refractivity contribution in [2.45, 2.75) is 284 Å². The normalized spacial score (nSPS) is 12.8. The summed E-state index contributed by atoms with van der Waals surface area (Å²) >= 11 is 0. The van der Waals surface area contributed by atoms with E-state index >= 15 is 0 Å². The fourth-order valence-electron chi connectivity index (χ4n) is 8.10. The fraction of sp³-hybridized carbons (Fsp3) is 0.746. The van der Waals surface area contributed by atoms with Gasteiger partial charge in [-0.05, 0) is 96.3 Å². The second kappa shape index (κ2) is 58.4. The van der Waals surface area contributed by atoms with Crippen molar-refractivity contribution in [2.24, 2.45) is 0 Å². The molecule has 0 N–H and O–H groups in total. The van der Waals surface area contributed by atoms with Crippen LogP contribution in [0.2, 0.25) is 0 Å². The van der Waals surface area contributed by atoms with Crippen LogP contribution in [0.4, 0.5) is 0 Å². The molecule has 5 nitrogen and oxygen atoms in total. The molecular formula is C63H110O5. The molecule has 5 heteroatoms. The van der Waals surface area contributed by atoms with Gasteiger partial charge in [-0.1, -0.05) is 254 Å². The fourth-order valence-corrected chi connectivity index (χ4v) is 8.10. The highest BCUT2D eigenvalue weighted by Crippen LogP contribution is 2.16. The third kappa shape index (κ3) is 55.7. The van der Waals surface area contributed by atoms with Gasteiger partial charge in [0.1, 0.15) is 6.61 Å². The molecule has 0 aromatic heterocycles. The molecule has 0 bridgehead atoms. The molecule has 392 valence electrons. The number of rotatable bonds is 53. The van der Waals surface area contributed by atoms with Crippen molar-refractivity contribution in [1.82, 2.24) is 0 Å². The summed E-state index contributed by atoms with van der Waals surface area (Å²) in [4.78, 5) is 25.5. The topological polar surface area (TPSA) is 61.8 Å². The molecule has 0 spiro atoms. The van der Waals surface area contributed by atoms with Crippen LogP contribution in [0.3, 0.4) is 0 Å². The molecule has 0 saturated heterocycles. The molecule has 0 amide bonds. The molecule has 0 rings (SSSR count). The lowest BCUT2D eigenvalue weighted by molar-refractivity contribution is -0.163. The summed E-state index contributed by atoms with van der Waals surface area (Å²) < 4.78 is 17.5. The smallest absolute Gasteiger partial charge is 0.306 e. The number of carbonyl (C=O) groups excluding carboxylic acids is 2. The first-order valence-corrected chi connectivity index (χ1v) is 29.1. The average molecular weight is 948 g/mol. The van der Waals surface area contributed by atoms with Crippen molar-refractivity contribution in [3.05, 3.63) is 85.1 Å². The SMILES string of the molecule is CC/C=C\C/C=C\C/C=C\C/C=C\C/C=C\CCCCCCOCC(COC(=O)CCCCCCCCCCCCCCCCCCC)OC(=O)CCCCCCC/C=C\C/C=C\CCCCC. The van der Waals surface area contributed by atoms with E-state index < -0.39 is 6.10 Å². The van der Waals surface area contributed by atoms with E-state index in [1.165, 1.54) is 148 Å². The summed E-state index contributed by atoms with van der Waals surface area (Å²) in [7, 11) is 0. The molecule has 0 radical (unpaired) electrons. The van der Waals surface area contributed by atoms with Crippen LogP contribution >= 0.6 is 0 Å². The highest BCUT2D eigenvalue weighted by molar-refractivity contribution is 5.70. The minimum absolute atomic E-state index is 0.0684. The predicted octanol–water partition coefficient (Wildman–Crippen LogP) is 20.0. The van der Waals surface area contributed by atoms with Gasteiger partial charge in [0.05, 0.1) is 6.61 Å². The van der Waals surface area contributed by atoms with Gasteiger partial charge >= 0.3 is 11.9 Å². The maximum absolute atomic E-state index is 12.9. The highest BCUT2D eigenvalue weighted by Gasteiger charge is 2.17. The largest absolute Gasteiger partial charge is 0.462 e. The van der Waals surface area contributed by atoms with Gasteiger partial charge in [0.25, 0.3) is 0 Å². The zero-order valence-electron chi connectivity index (χ0n) is 45.1. The summed E-state index contributed by atoms with van der Waals surface area (Å²) in [6.45, 7) is 7.65. The van der Waals surface area contributed by atoms with Gasteiger partial charge in [-0.15, -0.1) is 0 Å². The molecule has 68 heavy (non-hydrogen) atoms. The lowest BCUT2D eigenvalue weighted by Crippen LogP contribution is -2.30. The van der Waals surface area contributed by atoms with Gasteiger partial charge in [0.15, 0.2) is 6.10 Å². The predicted molar refractivity (Wildman–Crippen MR) is 297 cm³/mol. The van der Waals surface area contributed by atoms with Crippen molar-refractivity contribution in [1.29, 1.82) is 0 Å². The molecule has 0 aromatic rings. The number of esters is 2. The number of ether oxygens (including phenoxy) is 3. The maximum Gasteiger partial charge on any atom is 0.306 e. The van der Waals surface area contributed by atoms with Gasteiger partial charge in [0.2, 0.25) is 0 Å². The van der Waals surface area contributed by atoms with E-state index in [1.807, 2.05) is 0 Å². The molecule has 0 aliphatic rings. The molecule has 0 aliphatic carbocycles. The lowest BCUT2D eigenvalue weighted by Gasteiger charge is -2.18. The molecule has 0 saturated carbocycles. The van der Waals surface area contributed by atoms with Gasteiger partial charge in [-0.3, -0.25) is 9.59 Å². The first-order valence-electron chi connectivity index (χ1n) is 29.1. The first kappa shape index (κ1) is 65.1. The summed E-state index contributed by atoms with van der Waals surface area (Å²) in [5, 5.41) is 0. The van der Waals surface area contributed by atoms with Crippen LogP contribution in [0, 0.1) is 0 Å². The number of allylic oxidation sites excluding steroid dienone is 14. The zero-order chi connectivity index (χ0) is 49.2. The summed E-state index contributed by atoms with van der Waals surface area (Å²) in [6, 6.07) is 0. The van der Waals surface area contributed by atoms with Crippen LogP contribution in [0.1, 0.15) is 278 Å². The molecule has 0 fully saturated rings. The summed E-state index contributed by atoms with van der Waals surface area (Å²) in [5.74, 6) is -0.420. The Hall–Kier alpha value is -2.92. The average Bonchev–Trinajstić information content (AvgIpc) is 3.34. The number of hydrogen-bond acceptors (Lipinski definition) is 5. The first-order chi connectivity index (χ1) is 33.6. The third-order valence-corrected chi connectivity index (χ3v) is 12.4. The minimum atomic E-state index is -0.560. The van der Waals surface area contributed by atoms with Crippen LogP contribution < -0.4 is 0 Å². The number of unbranched alkanes of at least 4 members (excludes halogenated alkanes) is 28. The van der Waals surface area contributed by atoms with Gasteiger partial charge in [0, 0.05) is 19.4 Å². The minimum Gasteiger partial charge on any atom is -0.462 e. The van der Waals surface area contributed by atoms with Crippen molar-refractivity contribution < 1.29 is 23.8 Å². The standard InChI is InChI=1S/C63H110O5/c1-4-7-10-13-16-19-22-25-28-30-31-32-34-37-40-43-46-49-52-55-58-66-59-61(68-63(65)57-54-51-48-45-42-39-35-27-24-21-18-15-12-9-6-3)60-67-62(64)56-53-50-47-44-41-38-36-33-29-26-23-20-17-14-11-8-5-2/h7,10,16,18-19,21,25,27-28,31-32,35,37,40,61H,4-6,8-9,11-15,17,20,22-24,26,29-30,33-34,36,38-39,41-60H2,1-3H3/b10-7-,19-16-,21-18-,28-25-,32-31-,35-27-,40-37-. The summed E-state index contributed by atoms with van der Waals surface area (Å²) in [6.07, 6.45) is 77.5. The van der Waals surface area contributed by atoms with E-state index in [9.17, 15) is 9.59 Å². The van der Waals surface area contributed by atoms with Crippen molar-refractivity contribution in [3.8, 4) is 0 Å². The quantitative estimate of drug-likeness (QED) is 0.0345. The summed E-state index contributed by atoms with van der Waals surface area (Å²) in [5.41, 5.74) is 0. The monoisotopic (exact) mass is 947 g/mol. The van der Waals surface area contributed by atoms with Crippen LogP contribution in [0.25, 0.3) is 0 Å². The van der Waals surface area contributed by atoms with Gasteiger partial charge < -0.3 is 14.2 Å². The van der Waals surface area contributed by atoms with Gasteiger partial charge in [-0.2, -0.15) is 0 Å². The van der Waals surface area contributed by atoms with Crippen molar-refractivity contribution in [2.75, 3.05) is 19.8 Å². The Bertz CT molecular complexity index is 1250. The second-order valence-corrected chi connectivity index (χ2v) is 19.2. The molecule has 0 aliphatic heterocycles. The van der Waals surface area contributed by atoms with Gasteiger partial charge in [-0.25, -0.2) is 0 Å². The Balaban J connectivity index is 4.34. The molecule has 1 atom stereocenters. The zero-order valence-corrected chi connectivity index (χ0v) is 45.1. The second-order valence-electron chi connectivity index (χ2n) is 19.2. The van der Waals surface area contributed by atoms with Crippen LogP contribution in [-0.4, -0.2) is 37.9 Å². The highest BCUT2D eigenvalue weighted by atomic mass is 16.6. The third-order valence-electron chi connectivity index (χ3n) is 12.4. The Kier molecular flexibility index (Phi) is 55.9. The van der Waals surface area contributed by atoms with Crippen molar-refractivity contribution in [3.63, 3.8) is 0 Å². The van der Waals surface area contributed by atoms with Crippen molar-refractivity contribution >= 4 is 11.9 Å². The Morgan fingerprint density at radius 2 is 0.662 bits per heavy atom. The van der Waals surface area contributed by atoms with E-state index in [0.29, 0.717) is 19.4 Å². The molecule has 0 heterocycles. The van der Waals surface area contributed by atoms with E-state index in [1.54, 1.807) is 0 Å². The van der Waals surface area contributed by atoms with E-state index in [0.717, 1.165) is 96.3 Å². The number of carbonyl (C=O) groups is 2. The number of hydrogen-bond donors (Lipinski definition) is 0. The van der Waals surface area contributed by atoms with Crippen LogP contribution in [0.15, 0.2) is 85.1 Å². The van der Waals surface area contributed by atoms with E-state index in [2.05, 4.69) is 106 Å². The van der Waals surface area contributed by atoms with E-state index in [4.69, 9.17) is 14.2 Å². The lowest BCUT2D eigenvalue weighted by atomic mass is 10.0. The molecule has 1 unspecified atom stereocenters. The Morgan fingerprint density at radius 1 is 0.338 bits per heavy atom. The van der Waals surface area contributed by atoms with Crippen LogP contribution in [0.5, 0.6) is 0 Å².